The smallest absolute Gasteiger partial charge is 0.397 e. The minimum absolute atomic E-state index is 0.205. The molecule has 18 heavy (non-hydrogen) atoms. The van der Waals surface area contributed by atoms with E-state index in [0.717, 1.165) is 12.8 Å². The first-order chi connectivity index (χ1) is 8.70. The molecular formula is C14H17NO3. The third-order valence-electron chi connectivity index (χ3n) is 3.07. The number of anilines is 1. The van der Waals surface area contributed by atoms with E-state index in [4.69, 9.17) is 0 Å². The minimum Gasteiger partial charge on any atom is -0.459 e. The fourth-order valence-electron chi connectivity index (χ4n) is 2.19. The van der Waals surface area contributed by atoms with Gasteiger partial charge in [0.1, 0.15) is 0 Å². The van der Waals surface area contributed by atoms with Crippen LogP contribution in [0.3, 0.4) is 0 Å². The van der Waals surface area contributed by atoms with Crippen LogP contribution in [-0.4, -0.2) is 18.5 Å². The molecule has 0 fully saturated rings. The minimum atomic E-state index is -0.838. The molecule has 0 spiro atoms. The molecule has 96 valence electrons. The molecule has 1 aliphatic carbocycles. The lowest BCUT2D eigenvalue weighted by atomic mass is 9.91. The molecule has 0 bridgehead atoms. The van der Waals surface area contributed by atoms with Crippen LogP contribution in [0.15, 0.2) is 18.2 Å². The second-order valence-electron chi connectivity index (χ2n) is 4.37. The van der Waals surface area contributed by atoms with Gasteiger partial charge in [-0.2, -0.15) is 0 Å². The third kappa shape index (κ3) is 2.88. The number of benzene rings is 1. The van der Waals surface area contributed by atoms with Crippen molar-refractivity contribution in [1.29, 1.82) is 0 Å². The molecule has 0 heterocycles. The number of carbonyl (C=O) groups excluding carboxylic acids is 2. The number of hydrogen-bond donors (Lipinski definition) is 1. The third-order valence-corrected chi connectivity index (χ3v) is 3.07. The van der Waals surface area contributed by atoms with Crippen LogP contribution in [0.5, 0.6) is 0 Å². The maximum atomic E-state index is 11.5. The van der Waals surface area contributed by atoms with Crippen LogP contribution in [0.25, 0.3) is 0 Å². The van der Waals surface area contributed by atoms with Crippen molar-refractivity contribution >= 4 is 17.6 Å². The molecule has 0 radical (unpaired) electrons. The molecule has 0 atom stereocenters. The van der Waals surface area contributed by atoms with Gasteiger partial charge in [0.25, 0.3) is 0 Å². The summed E-state index contributed by atoms with van der Waals surface area (Å²) in [5.41, 5.74) is 3.27. The van der Waals surface area contributed by atoms with E-state index in [1.165, 1.54) is 24.0 Å². The number of aryl methyl sites for hydroxylation is 2. The van der Waals surface area contributed by atoms with E-state index in [2.05, 4.69) is 10.1 Å². The van der Waals surface area contributed by atoms with Gasteiger partial charge in [-0.15, -0.1) is 0 Å². The summed E-state index contributed by atoms with van der Waals surface area (Å²) in [5, 5.41) is 2.56. The number of rotatable bonds is 2. The van der Waals surface area contributed by atoms with Crippen molar-refractivity contribution in [3.8, 4) is 0 Å². The first-order valence-electron chi connectivity index (χ1n) is 6.30. The summed E-state index contributed by atoms with van der Waals surface area (Å²) >= 11 is 0. The molecule has 0 saturated carbocycles. The fraction of sp³-hybridized carbons (Fsp3) is 0.429. The lowest BCUT2D eigenvalue weighted by Gasteiger charge is -2.16. The molecule has 1 aromatic carbocycles. The monoisotopic (exact) mass is 247 g/mol. The van der Waals surface area contributed by atoms with Crippen LogP contribution in [-0.2, 0) is 27.2 Å². The number of hydrogen-bond acceptors (Lipinski definition) is 3. The predicted octanol–water partition coefficient (Wildman–Crippen LogP) is 2.07. The summed E-state index contributed by atoms with van der Waals surface area (Å²) in [4.78, 5) is 22.7. The Bertz CT molecular complexity index is 468. The Morgan fingerprint density at radius 3 is 2.67 bits per heavy atom. The molecule has 4 nitrogen and oxygen atoms in total. The lowest BCUT2D eigenvalue weighted by molar-refractivity contribution is -0.152. The lowest BCUT2D eigenvalue weighted by Crippen LogP contribution is -2.25. The molecule has 0 saturated heterocycles. The van der Waals surface area contributed by atoms with Gasteiger partial charge < -0.3 is 10.1 Å². The van der Waals surface area contributed by atoms with E-state index in [0.29, 0.717) is 5.69 Å². The average molecular weight is 247 g/mol. The van der Waals surface area contributed by atoms with Crippen LogP contribution in [0.1, 0.15) is 30.9 Å². The Balaban J connectivity index is 2.06. The Morgan fingerprint density at radius 1 is 1.22 bits per heavy atom. The van der Waals surface area contributed by atoms with Crippen LogP contribution in [0, 0.1) is 0 Å². The van der Waals surface area contributed by atoms with E-state index in [1.54, 1.807) is 6.92 Å². The highest BCUT2D eigenvalue weighted by atomic mass is 16.5. The first kappa shape index (κ1) is 12.6. The summed E-state index contributed by atoms with van der Waals surface area (Å²) in [5.74, 6) is -1.55. The van der Waals surface area contributed by atoms with Gasteiger partial charge >= 0.3 is 11.9 Å². The van der Waals surface area contributed by atoms with Crippen molar-refractivity contribution in [3.63, 3.8) is 0 Å². The van der Waals surface area contributed by atoms with Gasteiger partial charge in [0.2, 0.25) is 0 Å². The topological polar surface area (TPSA) is 55.4 Å². The molecule has 4 heteroatoms. The van der Waals surface area contributed by atoms with E-state index in [9.17, 15) is 9.59 Å². The van der Waals surface area contributed by atoms with E-state index < -0.39 is 11.9 Å². The molecule has 0 aliphatic heterocycles. The van der Waals surface area contributed by atoms with Gasteiger partial charge in [0.15, 0.2) is 0 Å². The predicted molar refractivity (Wildman–Crippen MR) is 68.3 cm³/mol. The standard InChI is InChI=1S/C14H17NO3/c1-2-18-14(17)13(16)15-12-8-7-10-5-3-4-6-11(10)9-12/h7-9H,2-6H2,1H3,(H,15,16). The molecule has 1 aliphatic rings. The molecule has 0 unspecified atom stereocenters. The van der Waals surface area contributed by atoms with Gasteiger partial charge in [-0.1, -0.05) is 6.07 Å². The summed E-state index contributed by atoms with van der Waals surface area (Å²) in [7, 11) is 0. The normalized spacial score (nSPS) is 13.6. The van der Waals surface area contributed by atoms with E-state index in [-0.39, 0.29) is 6.61 Å². The van der Waals surface area contributed by atoms with Crippen LogP contribution in [0.2, 0.25) is 0 Å². The zero-order valence-electron chi connectivity index (χ0n) is 10.5. The van der Waals surface area contributed by atoms with Crippen molar-refractivity contribution in [2.75, 3.05) is 11.9 Å². The Morgan fingerprint density at radius 2 is 1.94 bits per heavy atom. The average Bonchev–Trinajstić information content (AvgIpc) is 2.39. The summed E-state index contributed by atoms with van der Waals surface area (Å²) in [6.07, 6.45) is 4.55. The Kier molecular flexibility index (Phi) is 3.97. The molecule has 2 rings (SSSR count). The van der Waals surface area contributed by atoms with Gasteiger partial charge in [-0.05, 0) is 55.9 Å². The van der Waals surface area contributed by atoms with Crippen molar-refractivity contribution < 1.29 is 14.3 Å². The summed E-state index contributed by atoms with van der Waals surface area (Å²) in [6.45, 7) is 1.88. The molecule has 0 aromatic heterocycles. The van der Waals surface area contributed by atoms with Crippen molar-refractivity contribution in [2.45, 2.75) is 32.6 Å². The number of esters is 1. The maximum absolute atomic E-state index is 11.5. The van der Waals surface area contributed by atoms with Gasteiger partial charge in [-0.25, -0.2) is 4.79 Å². The highest BCUT2D eigenvalue weighted by molar-refractivity contribution is 6.37. The number of fused-ring (bicyclic) bond motifs is 1. The van der Waals surface area contributed by atoms with Gasteiger partial charge in [0.05, 0.1) is 6.61 Å². The van der Waals surface area contributed by atoms with Crippen LogP contribution < -0.4 is 5.32 Å². The van der Waals surface area contributed by atoms with E-state index in [1.807, 2.05) is 18.2 Å². The second-order valence-corrected chi connectivity index (χ2v) is 4.37. The van der Waals surface area contributed by atoms with Gasteiger partial charge in [-0.3, -0.25) is 4.79 Å². The number of ether oxygens (including phenoxy) is 1. The highest BCUT2D eigenvalue weighted by Crippen LogP contribution is 2.24. The zero-order valence-corrected chi connectivity index (χ0v) is 10.5. The quantitative estimate of drug-likeness (QED) is 0.643. The maximum Gasteiger partial charge on any atom is 0.397 e. The first-order valence-corrected chi connectivity index (χ1v) is 6.30. The molecular weight excluding hydrogens is 230 g/mol. The summed E-state index contributed by atoms with van der Waals surface area (Å²) < 4.78 is 4.64. The SMILES string of the molecule is CCOC(=O)C(=O)Nc1ccc2c(c1)CCCC2. The second kappa shape index (κ2) is 5.67. The number of amides is 1. The van der Waals surface area contributed by atoms with Gasteiger partial charge in [0, 0.05) is 5.69 Å². The largest absolute Gasteiger partial charge is 0.459 e. The fourth-order valence-corrected chi connectivity index (χ4v) is 2.19. The van der Waals surface area contributed by atoms with Crippen LogP contribution >= 0.6 is 0 Å². The van der Waals surface area contributed by atoms with Crippen molar-refractivity contribution in [3.05, 3.63) is 29.3 Å². The zero-order chi connectivity index (χ0) is 13.0. The molecule has 1 N–H and O–H groups in total. The van der Waals surface area contributed by atoms with Crippen molar-refractivity contribution in [2.24, 2.45) is 0 Å². The van der Waals surface area contributed by atoms with E-state index >= 15 is 0 Å². The summed E-state index contributed by atoms with van der Waals surface area (Å²) in [6, 6.07) is 5.81. The Labute approximate surface area is 106 Å². The molecule has 1 amide bonds. The van der Waals surface area contributed by atoms with Crippen molar-refractivity contribution in [1.82, 2.24) is 0 Å². The molecule has 1 aromatic rings. The van der Waals surface area contributed by atoms with Crippen LogP contribution in [0.4, 0.5) is 5.69 Å². The highest BCUT2D eigenvalue weighted by Gasteiger charge is 2.16. The Hall–Kier alpha value is -1.84. The number of carbonyl (C=O) groups is 2. The number of nitrogens with one attached hydrogen (secondary N) is 1.